The van der Waals surface area contributed by atoms with Crippen molar-refractivity contribution in [3.05, 3.63) is 28.3 Å². The third kappa shape index (κ3) is 10.3. The van der Waals surface area contributed by atoms with E-state index in [-0.39, 0.29) is 49.2 Å². The molecule has 0 radical (unpaired) electrons. The minimum atomic E-state index is -4.02. The number of rotatable bonds is 14. The Morgan fingerprint density at radius 2 is 1.54 bits per heavy atom. The number of piperazine rings is 1. The van der Waals surface area contributed by atoms with Crippen LogP contribution in [0.3, 0.4) is 0 Å². The number of sulfone groups is 1. The molecule has 0 atom stereocenters. The van der Waals surface area contributed by atoms with Gasteiger partial charge >= 0.3 is 0 Å². The minimum absolute atomic E-state index is 0.0464. The Morgan fingerprint density at radius 3 is 2.03 bits per heavy atom. The van der Waals surface area contributed by atoms with Gasteiger partial charge in [-0.25, -0.2) is 8.42 Å². The summed E-state index contributed by atoms with van der Waals surface area (Å²) in [5, 5.41) is 14.5. The number of anilines is 1. The lowest BCUT2D eigenvalue weighted by atomic mass is 10.2. The van der Waals surface area contributed by atoms with Crippen LogP contribution in [-0.4, -0.2) is 112 Å². The van der Waals surface area contributed by atoms with Crippen LogP contribution in [0.4, 0.5) is 11.4 Å². The molecule has 1 aliphatic rings. The van der Waals surface area contributed by atoms with E-state index in [0.29, 0.717) is 13.1 Å². The highest BCUT2D eigenvalue weighted by atomic mass is 32.2. The molecule has 0 bridgehead atoms. The molecule has 1 saturated heterocycles. The Kier molecular flexibility index (Phi) is 10.4. The number of nitrogens with zero attached hydrogens (tertiary/aromatic N) is 3. The Bertz CT molecular complexity index is 1160. The number of nitro groups is 1. The zero-order valence-electron chi connectivity index (χ0n) is 19.5. The molecule has 2 rings (SSSR count). The van der Waals surface area contributed by atoms with E-state index in [1.807, 2.05) is 4.90 Å². The lowest BCUT2D eigenvalue weighted by molar-refractivity contribution is -0.385. The number of nitro benzene ring substituents is 1. The molecule has 200 valence electrons. The van der Waals surface area contributed by atoms with E-state index < -0.39 is 40.7 Å². The van der Waals surface area contributed by atoms with Gasteiger partial charge in [-0.3, -0.25) is 23.4 Å². The molecular formula is C18H30N4O10S3. The van der Waals surface area contributed by atoms with Gasteiger partial charge < -0.3 is 10.2 Å². The second kappa shape index (κ2) is 12.4. The molecule has 0 saturated carbocycles. The van der Waals surface area contributed by atoms with E-state index in [1.165, 1.54) is 11.0 Å². The quantitative estimate of drug-likeness (QED) is 0.167. The van der Waals surface area contributed by atoms with Gasteiger partial charge in [0.15, 0.2) is 9.84 Å². The Balaban J connectivity index is 2.38. The van der Waals surface area contributed by atoms with E-state index in [4.69, 9.17) is 8.37 Å². The lowest BCUT2D eigenvalue weighted by Crippen LogP contribution is -2.45. The van der Waals surface area contributed by atoms with Crippen LogP contribution in [0, 0.1) is 10.1 Å². The van der Waals surface area contributed by atoms with E-state index in [0.717, 1.165) is 37.7 Å². The van der Waals surface area contributed by atoms with Crippen molar-refractivity contribution in [3.8, 4) is 0 Å². The second-order valence-corrected chi connectivity index (χ2v) is 13.2. The van der Waals surface area contributed by atoms with Crippen LogP contribution in [0.2, 0.25) is 0 Å². The zero-order valence-corrected chi connectivity index (χ0v) is 21.9. The predicted molar refractivity (Wildman–Crippen MR) is 128 cm³/mol. The van der Waals surface area contributed by atoms with Crippen molar-refractivity contribution in [2.45, 2.75) is 4.90 Å². The first kappa shape index (κ1) is 29.3. The van der Waals surface area contributed by atoms with E-state index in [2.05, 4.69) is 5.32 Å². The predicted octanol–water partition coefficient (Wildman–Crippen LogP) is -0.967. The van der Waals surface area contributed by atoms with Crippen molar-refractivity contribution in [1.29, 1.82) is 0 Å². The van der Waals surface area contributed by atoms with Crippen molar-refractivity contribution >= 4 is 41.4 Å². The first-order chi connectivity index (χ1) is 16.2. The number of benzene rings is 1. The van der Waals surface area contributed by atoms with Crippen LogP contribution in [0.15, 0.2) is 23.1 Å². The minimum Gasteiger partial charge on any atom is -0.366 e. The molecular weight excluding hydrogens is 528 g/mol. The second-order valence-electron chi connectivity index (χ2n) is 7.86. The SMILES string of the molecule is CS(=O)(=O)OCCN(CCOS(C)(=O)=O)c1ccc([N+](=O)[O-])cc1S(=O)(=O)CCN1CCNCC1. The van der Waals surface area contributed by atoms with Crippen molar-refractivity contribution in [3.63, 3.8) is 0 Å². The van der Waals surface area contributed by atoms with E-state index >= 15 is 0 Å². The third-order valence-electron chi connectivity index (χ3n) is 5.03. The lowest BCUT2D eigenvalue weighted by Gasteiger charge is -2.28. The zero-order chi connectivity index (χ0) is 26.3. The molecule has 0 spiro atoms. The van der Waals surface area contributed by atoms with Crippen LogP contribution >= 0.6 is 0 Å². The molecule has 14 nitrogen and oxygen atoms in total. The molecule has 1 aromatic carbocycles. The summed E-state index contributed by atoms with van der Waals surface area (Å²) in [6.07, 6.45) is 1.70. The number of nitrogens with one attached hydrogen (secondary N) is 1. The Hall–Kier alpha value is -1.89. The van der Waals surface area contributed by atoms with Crippen molar-refractivity contribution in [1.82, 2.24) is 10.2 Å². The molecule has 35 heavy (non-hydrogen) atoms. The summed E-state index contributed by atoms with van der Waals surface area (Å²) in [5.41, 5.74) is -0.390. The summed E-state index contributed by atoms with van der Waals surface area (Å²) in [6, 6.07) is 3.30. The summed E-state index contributed by atoms with van der Waals surface area (Å²) < 4.78 is 81.5. The van der Waals surface area contributed by atoms with Crippen molar-refractivity contribution in [2.75, 3.05) is 82.2 Å². The van der Waals surface area contributed by atoms with Gasteiger partial charge in [0.25, 0.3) is 25.9 Å². The molecule has 1 aliphatic heterocycles. The standard InChI is InChI=1S/C18H30N4O10S3/c1-33(25,26)31-12-9-21(10-13-32-34(2,27)28)17-4-3-16(22(23)24)15-18(17)35(29,30)14-11-20-7-5-19-6-8-20/h3-4,15,19H,5-14H2,1-2H3. The maximum Gasteiger partial charge on any atom is 0.270 e. The van der Waals surface area contributed by atoms with Gasteiger partial charge in [-0.2, -0.15) is 16.8 Å². The Morgan fingerprint density at radius 1 is 1.00 bits per heavy atom. The fourth-order valence-corrected chi connectivity index (χ4v) is 5.66. The summed E-state index contributed by atoms with van der Waals surface area (Å²) in [5.74, 6) is -0.297. The molecule has 0 amide bonds. The highest BCUT2D eigenvalue weighted by Gasteiger charge is 2.26. The highest BCUT2D eigenvalue weighted by Crippen LogP contribution is 2.30. The van der Waals surface area contributed by atoms with Crippen LogP contribution in [-0.2, 0) is 38.4 Å². The van der Waals surface area contributed by atoms with Crippen molar-refractivity contribution < 1.29 is 38.5 Å². The molecule has 0 aliphatic carbocycles. The van der Waals surface area contributed by atoms with Gasteiger partial charge in [0, 0.05) is 57.9 Å². The van der Waals surface area contributed by atoms with Crippen LogP contribution in [0.1, 0.15) is 0 Å². The van der Waals surface area contributed by atoms with E-state index in [9.17, 15) is 35.4 Å². The molecule has 0 aromatic heterocycles. The van der Waals surface area contributed by atoms with Gasteiger partial charge in [-0.15, -0.1) is 0 Å². The molecule has 1 aromatic rings. The molecule has 1 fully saturated rings. The maximum absolute atomic E-state index is 13.3. The normalized spacial score (nSPS) is 15.7. The monoisotopic (exact) mass is 558 g/mol. The van der Waals surface area contributed by atoms with E-state index in [1.54, 1.807) is 0 Å². The fraction of sp³-hybridized carbons (Fsp3) is 0.667. The van der Waals surface area contributed by atoms with Crippen LogP contribution in [0.25, 0.3) is 0 Å². The Labute approximate surface area is 205 Å². The van der Waals surface area contributed by atoms with Gasteiger partial charge in [-0.1, -0.05) is 0 Å². The van der Waals surface area contributed by atoms with Crippen molar-refractivity contribution in [2.24, 2.45) is 0 Å². The summed E-state index contributed by atoms with van der Waals surface area (Å²) in [4.78, 5) is 13.6. The highest BCUT2D eigenvalue weighted by molar-refractivity contribution is 7.91. The maximum atomic E-state index is 13.3. The van der Waals surface area contributed by atoms with Gasteiger partial charge in [0.05, 0.1) is 47.0 Å². The molecule has 0 unspecified atom stereocenters. The largest absolute Gasteiger partial charge is 0.366 e. The molecule has 1 heterocycles. The topological polar surface area (TPSA) is 183 Å². The molecule has 17 heteroatoms. The first-order valence-electron chi connectivity index (χ1n) is 10.6. The number of non-ortho nitro benzene ring substituents is 1. The number of hydrogen-bond acceptors (Lipinski definition) is 13. The summed E-state index contributed by atoms with van der Waals surface area (Å²) in [7, 11) is -11.6. The fourth-order valence-electron chi connectivity index (χ4n) is 3.37. The first-order valence-corrected chi connectivity index (χ1v) is 15.8. The van der Waals surface area contributed by atoms with Crippen LogP contribution < -0.4 is 10.2 Å². The summed E-state index contributed by atoms with van der Waals surface area (Å²) in [6.45, 7) is 1.94. The van der Waals surface area contributed by atoms with Crippen LogP contribution in [0.5, 0.6) is 0 Å². The van der Waals surface area contributed by atoms with Gasteiger partial charge in [-0.05, 0) is 6.07 Å². The van der Waals surface area contributed by atoms with Gasteiger partial charge in [0.2, 0.25) is 0 Å². The smallest absolute Gasteiger partial charge is 0.270 e. The molecule has 1 N–H and O–H groups in total. The summed E-state index contributed by atoms with van der Waals surface area (Å²) >= 11 is 0. The average molecular weight is 559 g/mol. The van der Waals surface area contributed by atoms with Gasteiger partial charge in [0.1, 0.15) is 0 Å². The number of hydrogen-bond donors (Lipinski definition) is 1. The third-order valence-corrected chi connectivity index (χ3v) is 7.94. The average Bonchev–Trinajstić information content (AvgIpc) is 2.75.